The Balaban J connectivity index is 1.62. The van der Waals surface area contributed by atoms with Crippen LogP contribution < -0.4 is 10.6 Å². The fourth-order valence-electron chi connectivity index (χ4n) is 3.91. The van der Waals surface area contributed by atoms with E-state index in [4.69, 9.17) is 11.6 Å². The summed E-state index contributed by atoms with van der Waals surface area (Å²) < 4.78 is 0.735. The van der Waals surface area contributed by atoms with E-state index in [-0.39, 0.29) is 17.7 Å². The number of para-hydroxylation sites is 2. The quantitative estimate of drug-likeness (QED) is 0.508. The van der Waals surface area contributed by atoms with Crippen molar-refractivity contribution >= 4 is 51.4 Å². The zero-order chi connectivity index (χ0) is 18.4. The van der Waals surface area contributed by atoms with Crippen LogP contribution in [0.5, 0.6) is 0 Å². The van der Waals surface area contributed by atoms with Crippen LogP contribution in [0.4, 0.5) is 11.4 Å². The van der Waals surface area contributed by atoms with E-state index in [1.54, 1.807) is 11.3 Å². The molecule has 1 aliphatic heterocycles. The Bertz CT molecular complexity index is 1040. The second-order valence-corrected chi connectivity index (χ2v) is 9.55. The number of fused-ring (bicyclic) bond motifs is 1. The molecule has 27 heavy (non-hydrogen) atoms. The number of Topliss-reactive ketones (excluding diaryl/α,β-unsaturated/α-hetero) is 1. The highest BCUT2D eigenvalue weighted by Crippen LogP contribution is 2.46. The van der Waals surface area contributed by atoms with Gasteiger partial charge in [0.1, 0.15) is 0 Å². The average molecular weight is 413 g/mol. The SMILES string of the molecule is O=C1C[C@H](c2cccs2)CC2=C1[C@@H](c1ccc(Cl)s1)Nc1ccccc1N2. The first-order valence-corrected chi connectivity index (χ1v) is 10.9. The largest absolute Gasteiger partial charge is 0.372 e. The first kappa shape index (κ1) is 17.0. The molecule has 0 radical (unpaired) electrons. The maximum Gasteiger partial charge on any atom is 0.163 e. The molecule has 0 unspecified atom stereocenters. The Kier molecular flexibility index (Phi) is 4.31. The van der Waals surface area contributed by atoms with E-state index < -0.39 is 0 Å². The first-order chi connectivity index (χ1) is 13.2. The third kappa shape index (κ3) is 3.10. The lowest BCUT2D eigenvalue weighted by atomic mass is 9.82. The second kappa shape index (κ2) is 6.82. The normalized spacial score (nSPS) is 21.7. The minimum absolute atomic E-state index is 0.176. The molecule has 6 heteroatoms. The molecule has 2 aliphatic rings. The van der Waals surface area contributed by atoms with E-state index >= 15 is 0 Å². The lowest BCUT2D eigenvalue weighted by molar-refractivity contribution is -0.116. The van der Waals surface area contributed by atoms with Gasteiger partial charge in [0.2, 0.25) is 0 Å². The van der Waals surface area contributed by atoms with Crippen LogP contribution in [-0.2, 0) is 4.79 Å². The van der Waals surface area contributed by atoms with Gasteiger partial charge in [-0.3, -0.25) is 4.79 Å². The topological polar surface area (TPSA) is 41.1 Å². The Hall–Kier alpha value is -2.08. The van der Waals surface area contributed by atoms with Crippen molar-refractivity contribution in [3.05, 3.63) is 79.3 Å². The Morgan fingerprint density at radius 1 is 0.963 bits per heavy atom. The van der Waals surface area contributed by atoms with Gasteiger partial charge in [0.15, 0.2) is 5.78 Å². The molecule has 2 atom stereocenters. The van der Waals surface area contributed by atoms with Gasteiger partial charge < -0.3 is 10.6 Å². The number of carbonyl (C=O) groups is 1. The number of carbonyl (C=O) groups excluding carboxylic acids is 1. The van der Waals surface area contributed by atoms with Gasteiger partial charge in [-0.15, -0.1) is 22.7 Å². The summed E-state index contributed by atoms with van der Waals surface area (Å²) in [6.07, 6.45) is 1.39. The van der Waals surface area contributed by atoms with Gasteiger partial charge in [-0.25, -0.2) is 0 Å². The van der Waals surface area contributed by atoms with Crippen molar-refractivity contribution in [2.24, 2.45) is 0 Å². The van der Waals surface area contributed by atoms with Crippen LogP contribution in [0.2, 0.25) is 4.34 Å². The van der Waals surface area contributed by atoms with Gasteiger partial charge in [0, 0.05) is 33.4 Å². The number of thiophene rings is 2. The predicted molar refractivity (Wildman–Crippen MR) is 114 cm³/mol. The molecule has 0 saturated heterocycles. The molecule has 0 spiro atoms. The predicted octanol–water partition coefficient (Wildman–Crippen LogP) is 6.44. The minimum atomic E-state index is -0.176. The first-order valence-electron chi connectivity index (χ1n) is 8.86. The van der Waals surface area contributed by atoms with E-state index in [1.165, 1.54) is 16.2 Å². The lowest BCUT2D eigenvalue weighted by Crippen LogP contribution is -2.26. The van der Waals surface area contributed by atoms with E-state index in [1.807, 2.05) is 30.3 Å². The Morgan fingerprint density at radius 2 is 1.81 bits per heavy atom. The molecule has 2 N–H and O–H groups in total. The summed E-state index contributed by atoms with van der Waals surface area (Å²) in [5, 5.41) is 9.23. The van der Waals surface area contributed by atoms with Crippen molar-refractivity contribution in [2.45, 2.75) is 24.8 Å². The maximum absolute atomic E-state index is 13.3. The van der Waals surface area contributed by atoms with E-state index in [2.05, 4.69) is 34.2 Å². The van der Waals surface area contributed by atoms with Crippen LogP contribution in [0.15, 0.2) is 65.2 Å². The van der Waals surface area contributed by atoms with Crippen LogP contribution in [0.25, 0.3) is 0 Å². The fraction of sp³-hybridized carbons (Fsp3) is 0.190. The number of anilines is 2. The van der Waals surface area contributed by atoms with Crippen molar-refractivity contribution in [2.75, 3.05) is 10.6 Å². The fourth-order valence-corrected chi connectivity index (χ4v) is 5.87. The van der Waals surface area contributed by atoms with Crippen LogP contribution in [-0.4, -0.2) is 5.78 Å². The molecule has 136 valence electrons. The van der Waals surface area contributed by atoms with Crippen molar-refractivity contribution in [3.8, 4) is 0 Å². The second-order valence-electron chi connectivity index (χ2n) is 6.83. The summed E-state index contributed by atoms with van der Waals surface area (Å²) >= 11 is 9.45. The number of halogens is 1. The average Bonchev–Trinajstić information content (AvgIpc) is 3.30. The standard InChI is InChI=1S/C21H17ClN2OS2/c22-19-8-7-18(27-19)21-20-15(23-13-4-1-2-5-14(13)24-21)10-12(11-16(20)25)17-6-3-9-26-17/h1-9,12,21,23-24H,10-11H2/t12-,21-/m1/s1. The van der Waals surface area contributed by atoms with E-state index in [0.29, 0.717) is 6.42 Å². The Labute approximate surface area is 170 Å². The van der Waals surface area contributed by atoms with Gasteiger partial charge in [-0.1, -0.05) is 29.8 Å². The van der Waals surface area contributed by atoms with Crippen LogP contribution >= 0.6 is 34.3 Å². The number of hydrogen-bond acceptors (Lipinski definition) is 5. The zero-order valence-corrected chi connectivity index (χ0v) is 16.8. The number of ketones is 1. The van der Waals surface area contributed by atoms with E-state index in [9.17, 15) is 4.79 Å². The molecule has 0 bridgehead atoms. The van der Waals surface area contributed by atoms with Crippen LogP contribution in [0.1, 0.15) is 34.6 Å². The zero-order valence-electron chi connectivity index (χ0n) is 14.4. The van der Waals surface area contributed by atoms with Crippen molar-refractivity contribution in [3.63, 3.8) is 0 Å². The molecule has 0 amide bonds. The number of nitrogens with one attached hydrogen (secondary N) is 2. The summed E-state index contributed by atoms with van der Waals surface area (Å²) in [4.78, 5) is 15.6. The van der Waals surface area contributed by atoms with Crippen molar-refractivity contribution < 1.29 is 4.79 Å². The summed E-state index contributed by atoms with van der Waals surface area (Å²) in [6.45, 7) is 0. The van der Waals surface area contributed by atoms with Crippen LogP contribution in [0.3, 0.4) is 0 Å². The highest BCUT2D eigenvalue weighted by molar-refractivity contribution is 7.16. The Morgan fingerprint density at radius 3 is 2.56 bits per heavy atom. The molecular formula is C21H17ClN2OS2. The molecule has 2 aromatic heterocycles. The molecule has 1 aliphatic carbocycles. The molecule has 1 aromatic carbocycles. The molecule has 5 rings (SSSR count). The molecule has 0 fully saturated rings. The summed E-state index contributed by atoms with van der Waals surface area (Å²) in [7, 11) is 0. The highest BCUT2D eigenvalue weighted by Gasteiger charge is 2.36. The monoisotopic (exact) mass is 412 g/mol. The van der Waals surface area contributed by atoms with Gasteiger partial charge in [-0.05, 0) is 42.1 Å². The lowest BCUT2D eigenvalue weighted by Gasteiger charge is -2.28. The smallest absolute Gasteiger partial charge is 0.163 e. The minimum Gasteiger partial charge on any atom is -0.372 e. The van der Waals surface area contributed by atoms with Crippen molar-refractivity contribution in [1.82, 2.24) is 0 Å². The van der Waals surface area contributed by atoms with Crippen LogP contribution in [0, 0.1) is 0 Å². The molecular weight excluding hydrogens is 396 g/mol. The number of allylic oxidation sites excluding steroid dienone is 1. The maximum atomic E-state index is 13.3. The number of rotatable bonds is 2. The molecule has 3 nitrogen and oxygen atoms in total. The third-order valence-electron chi connectivity index (χ3n) is 5.13. The summed E-state index contributed by atoms with van der Waals surface area (Å²) in [5.41, 5.74) is 3.88. The van der Waals surface area contributed by atoms with Gasteiger partial charge in [-0.2, -0.15) is 0 Å². The third-order valence-corrected chi connectivity index (χ3v) is 7.46. The molecule has 3 aromatic rings. The van der Waals surface area contributed by atoms with Gasteiger partial charge >= 0.3 is 0 Å². The van der Waals surface area contributed by atoms with Crippen molar-refractivity contribution in [1.29, 1.82) is 0 Å². The summed E-state index contributed by atoms with van der Waals surface area (Å²) in [5.74, 6) is 0.443. The summed E-state index contributed by atoms with van der Waals surface area (Å²) in [6, 6.07) is 16.0. The molecule has 0 saturated carbocycles. The van der Waals surface area contributed by atoms with E-state index in [0.717, 1.165) is 38.3 Å². The van der Waals surface area contributed by atoms with Gasteiger partial charge in [0.05, 0.1) is 21.8 Å². The number of hydrogen-bond donors (Lipinski definition) is 2. The highest BCUT2D eigenvalue weighted by atomic mass is 35.5. The van der Waals surface area contributed by atoms with Gasteiger partial charge in [0.25, 0.3) is 0 Å². The number of benzene rings is 1. The molecule has 3 heterocycles.